The molecule has 0 spiro atoms. The molecule has 1 aromatic heterocycles. The summed E-state index contributed by atoms with van der Waals surface area (Å²) in [5, 5.41) is 19.9. The van der Waals surface area contributed by atoms with E-state index in [4.69, 9.17) is 9.15 Å². The second-order valence-electron chi connectivity index (χ2n) is 7.00. The molecule has 3 rings (SSSR count). The van der Waals surface area contributed by atoms with E-state index >= 15 is 0 Å². The SMILES string of the molecule is CC(O)c1cccc(CC[C@H]2C(=O)CC(O)[C@@H]2COCc2cc[c-]o2)c1.[Y]. The third-order valence-electron chi connectivity index (χ3n) is 5.09. The summed E-state index contributed by atoms with van der Waals surface area (Å²) >= 11 is 0. The van der Waals surface area contributed by atoms with E-state index in [9.17, 15) is 15.0 Å². The zero-order chi connectivity index (χ0) is 18.5. The van der Waals surface area contributed by atoms with Crippen molar-refractivity contribution >= 4 is 5.78 Å². The van der Waals surface area contributed by atoms with Crippen LogP contribution >= 0.6 is 0 Å². The van der Waals surface area contributed by atoms with E-state index in [1.165, 1.54) is 0 Å². The molecular formula is C21H25O5Y-. The van der Waals surface area contributed by atoms with Gasteiger partial charge in [-0.15, -0.1) is 6.07 Å². The Morgan fingerprint density at radius 3 is 2.89 bits per heavy atom. The number of hydrogen-bond acceptors (Lipinski definition) is 5. The first-order valence-corrected chi connectivity index (χ1v) is 9.04. The molecule has 2 N–H and O–H groups in total. The van der Waals surface area contributed by atoms with Crippen LogP contribution in [0.3, 0.4) is 0 Å². The van der Waals surface area contributed by atoms with Gasteiger partial charge >= 0.3 is 0 Å². The number of rotatable bonds is 8. The van der Waals surface area contributed by atoms with Crippen molar-refractivity contribution in [1.82, 2.24) is 0 Å². The topological polar surface area (TPSA) is 79.9 Å². The van der Waals surface area contributed by atoms with Gasteiger partial charge in [0.25, 0.3) is 0 Å². The van der Waals surface area contributed by atoms with E-state index in [1.54, 1.807) is 19.1 Å². The van der Waals surface area contributed by atoms with Crippen LogP contribution in [0, 0.1) is 18.1 Å². The first-order valence-electron chi connectivity index (χ1n) is 9.04. The first kappa shape index (κ1) is 22.4. The van der Waals surface area contributed by atoms with Gasteiger partial charge in [-0.25, -0.2) is 0 Å². The Bertz CT molecular complexity index is 713. The molecule has 0 amide bonds. The molecule has 0 aliphatic heterocycles. The predicted octanol–water partition coefficient (Wildman–Crippen LogP) is 2.85. The Morgan fingerprint density at radius 2 is 2.19 bits per heavy atom. The molecule has 1 aliphatic carbocycles. The van der Waals surface area contributed by atoms with Crippen LogP contribution < -0.4 is 0 Å². The van der Waals surface area contributed by atoms with Crippen molar-refractivity contribution in [2.24, 2.45) is 11.8 Å². The van der Waals surface area contributed by atoms with Crippen molar-refractivity contribution < 1.29 is 56.9 Å². The number of ketones is 1. The summed E-state index contributed by atoms with van der Waals surface area (Å²) in [5.41, 5.74) is 1.96. The fraction of sp³-hybridized carbons (Fsp3) is 0.476. The number of Topliss-reactive ketones (excluding diaryl/α,β-unsaturated/α-hetero) is 1. The minimum atomic E-state index is -0.653. The number of aliphatic hydroxyl groups excluding tert-OH is 2. The minimum Gasteiger partial charge on any atom is -0.593 e. The van der Waals surface area contributed by atoms with Gasteiger partial charge in [-0.3, -0.25) is 4.79 Å². The molecule has 143 valence electrons. The molecule has 0 bridgehead atoms. The predicted molar refractivity (Wildman–Crippen MR) is 95.2 cm³/mol. The number of carbonyl (C=O) groups is 1. The number of furan rings is 1. The van der Waals surface area contributed by atoms with Crippen LogP contribution in [-0.4, -0.2) is 28.7 Å². The Morgan fingerprint density at radius 1 is 1.37 bits per heavy atom. The van der Waals surface area contributed by atoms with Crippen LogP contribution in [0.1, 0.15) is 42.8 Å². The van der Waals surface area contributed by atoms with Crippen molar-refractivity contribution in [1.29, 1.82) is 0 Å². The van der Waals surface area contributed by atoms with E-state index in [1.807, 2.05) is 24.3 Å². The van der Waals surface area contributed by atoms with Crippen molar-refractivity contribution in [3.63, 3.8) is 0 Å². The molecule has 2 aromatic rings. The van der Waals surface area contributed by atoms with E-state index in [2.05, 4.69) is 6.26 Å². The summed E-state index contributed by atoms with van der Waals surface area (Å²) in [6.07, 6.45) is 3.04. The normalized spacial score (nSPS) is 23.2. The van der Waals surface area contributed by atoms with Gasteiger partial charge in [0.15, 0.2) is 0 Å². The maximum atomic E-state index is 12.3. The van der Waals surface area contributed by atoms with Crippen LogP contribution in [-0.2, 0) is 55.3 Å². The minimum absolute atomic E-state index is 0. The number of carbonyl (C=O) groups excluding carboxylic acids is 1. The summed E-state index contributed by atoms with van der Waals surface area (Å²) in [7, 11) is 0. The molecule has 1 aliphatic rings. The third-order valence-corrected chi connectivity index (χ3v) is 5.09. The fourth-order valence-electron chi connectivity index (χ4n) is 3.59. The maximum Gasteiger partial charge on any atom is 0.139 e. The molecule has 6 heteroatoms. The number of aryl methyl sites for hydroxylation is 1. The summed E-state index contributed by atoms with van der Waals surface area (Å²) in [6.45, 7) is 2.37. The molecule has 4 atom stereocenters. The fourth-order valence-corrected chi connectivity index (χ4v) is 3.59. The quantitative estimate of drug-likeness (QED) is 0.610. The maximum absolute atomic E-state index is 12.3. The molecule has 1 saturated carbocycles. The van der Waals surface area contributed by atoms with Crippen molar-refractivity contribution in [3.8, 4) is 0 Å². The van der Waals surface area contributed by atoms with Gasteiger partial charge in [0.1, 0.15) is 5.78 Å². The number of benzene rings is 1. The average molecular weight is 446 g/mol. The summed E-state index contributed by atoms with van der Waals surface area (Å²) in [6, 6.07) is 11.2. The van der Waals surface area contributed by atoms with Crippen LogP contribution in [0.4, 0.5) is 0 Å². The van der Waals surface area contributed by atoms with Crippen LogP contribution in [0.15, 0.2) is 40.8 Å². The summed E-state index contributed by atoms with van der Waals surface area (Å²) < 4.78 is 10.8. The van der Waals surface area contributed by atoms with Crippen molar-refractivity contribution in [2.75, 3.05) is 6.61 Å². The molecule has 1 aromatic carbocycles. The van der Waals surface area contributed by atoms with Gasteiger partial charge in [0.2, 0.25) is 0 Å². The van der Waals surface area contributed by atoms with E-state index < -0.39 is 12.2 Å². The average Bonchev–Trinajstić information content (AvgIpc) is 3.22. The molecular weight excluding hydrogens is 421 g/mol. The molecule has 0 saturated heterocycles. The van der Waals surface area contributed by atoms with Gasteiger partial charge in [0.05, 0.1) is 18.8 Å². The Labute approximate surface area is 185 Å². The van der Waals surface area contributed by atoms with Crippen LogP contribution in [0.25, 0.3) is 0 Å². The van der Waals surface area contributed by atoms with Gasteiger partial charge < -0.3 is 19.4 Å². The molecule has 27 heavy (non-hydrogen) atoms. The van der Waals surface area contributed by atoms with Crippen molar-refractivity contribution in [2.45, 2.75) is 45.0 Å². The molecule has 5 nitrogen and oxygen atoms in total. The van der Waals surface area contributed by atoms with Gasteiger partial charge in [-0.2, -0.15) is 6.07 Å². The monoisotopic (exact) mass is 446 g/mol. The van der Waals surface area contributed by atoms with Gasteiger partial charge in [-0.1, -0.05) is 24.3 Å². The Balaban J connectivity index is 0.00000261. The molecule has 1 radical (unpaired) electrons. The zero-order valence-corrected chi connectivity index (χ0v) is 18.3. The largest absolute Gasteiger partial charge is 0.593 e. The number of ether oxygens (including phenoxy) is 1. The Kier molecular flexibility index (Phi) is 8.84. The standard InChI is InChI=1S/C21H25O5.Y/c1-14(22)16-5-2-4-15(10-16)7-8-18-19(21(24)11-20(18)23)13-25-12-17-6-3-9-26-17;/h2-6,10,14,18-19,21-22,24H,7-8,11-13H2,1H3;/q-1;/t14?,18-,19-,21?;/m1./s1. The number of hydrogen-bond donors (Lipinski definition) is 2. The summed E-state index contributed by atoms with van der Waals surface area (Å²) in [4.78, 5) is 12.3. The van der Waals surface area contributed by atoms with Crippen molar-refractivity contribution in [3.05, 3.63) is 59.5 Å². The van der Waals surface area contributed by atoms with Crippen LogP contribution in [0.2, 0.25) is 0 Å². The molecule has 2 unspecified atom stereocenters. The second kappa shape index (κ2) is 10.6. The van der Waals surface area contributed by atoms with Gasteiger partial charge in [-0.05, 0) is 42.9 Å². The van der Waals surface area contributed by atoms with Gasteiger partial charge in [0, 0.05) is 57.6 Å². The molecule has 1 fully saturated rings. The number of aliphatic hydroxyl groups is 2. The third kappa shape index (κ3) is 6.06. The Hall–Kier alpha value is -0.846. The van der Waals surface area contributed by atoms with E-state index in [0.29, 0.717) is 25.4 Å². The van der Waals surface area contributed by atoms with E-state index in [-0.39, 0.29) is 56.7 Å². The zero-order valence-electron chi connectivity index (χ0n) is 15.5. The van der Waals surface area contributed by atoms with Crippen LogP contribution in [0.5, 0.6) is 0 Å². The molecule has 1 heterocycles. The van der Waals surface area contributed by atoms with E-state index in [0.717, 1.165) is 17.5 Å². The first-order chi connectivity index (χ1) is 12.5. The second-order valence-corrected chi connectivity index (χ2v) is 7.00. The summed E-state index contributed by atoms with van der Waals surface area (Å²) in [5.74, 6) is 0.379. The smallest absolute Gasteiger partial charge is 0.139 e.